The first kappa shape index (κ1) is 19.4. The van der Waals surface area contributed by atoms with Crippen LogP contribution in [0.4, 0.5) is 10.2 Å². The average molecular weight is 401 g/mol. The molecule has 1 fully saturated rings. The van der Waals surface area contributed by atoms with Gasteiger partial charge in [-0.1, -0.05) is 0 Å². The van der Waals surface area contributed by atoms with Gasteiger partial charge in [0.1, 0.15) is 29.6 Å². The number of anilines is 1. The Bertz CT molecular complexity index is 984. The fourth-order valence-corrected chi connectivity index (χ4v) is 3.94. The van der Waals surface area contributed by atoms with E-state index in [2.05, 4.69) is 15.0 Å². The van der Waals surface area contributed by atoms with Crippen molar-refractivity contribution in [2.45, 2.75) is 31.7 Å². The number of carbonyl (C=O) groups excluding carboxylic acids is 1. The minimum atomic E-state index is -0.573. The van der Waals surface area contributed by atoms with E-state index in [9.17, 15) is 9.18 Å². The number of nitrogens with two attached hydrogens (primary N) is 1. The number of rotatable bonds is 7. The molecule has 8 nitrogen and oxygen atoms in total. The number of methoxy groups -OCH3 is 1. The number of nitrogens with zero attached hydrogens (tertiary/aromatic N) is 4. The monoisotopic (exact) mass is 401 g/mol. The van der Waals surface area contributed by atoms with Gasteiger partial charge in [0.2, 0.25) is 0 Å². The molecule has 0 aromatic carbocycles. The summed E-state index contributed by atoms with van der Waals surface area (Å²) in [6, 6.07) is 1.80. The fraction of sp³-hybridized carbons (Fsp3) is 0.450. The highest BCUT2D eigenvalue weighted by atomic mass is 19.1. The van der Waals surface area contributed by atoms with Gasteiger partial charge in [0.25, 0.3) is 5.91 Å². The maximum Gasteiger partial charge on any atom is 0.254 e. The molecule has 1 atom stereocenters. The van der Waals surface area contributed by atoms with Gasteiger partial charge in [0.05, 0.1) is 18.8 Å². The van der Waals surface area contributed by atoms with Crippen molar-refractivity contribution in [1.82, 2.24) is 14.6 Å². The molecule has 4 rings (SSSR count). The van der Waals surface area contributed by atoms with Crippen molar-refractivity contribution in [2.24, 2.45) is 5.73 Å². The summed E-state index contributed by atoms with van der Waals surface area (Å²) >= 11 is 0. The summed E-state index contributed by atoms with van der Waals surface area (Å²) in [5.41, 5.74) is 6.97. The van der Waals surface area contributed by atoms with Crippen molar-refractivity contribution >= 4 is 17.4 Å². The van der Waals surface area contributed by atoms with Crippen LogP contribution in [0.2, 0.25) is 0 Å². The number of allylic oxidation sites excluding steroid dienone is 2. The third-order valence-corrected chi connectivity index (χ3v) is 5.31. The molecule has 0 bridgehead atoms. The highest BCUT2D eigenvalue weighted by molar-refractivity contribution is 5.98. The largest absolute Gasteiger partial charge is 0.495 e. The molecule has 2 N–H and O–H groups in total. The second kappa shape index (κ2) is 8.20. The number of hydrogen-bond acceptors (Lipinski definition) is 6. The molecule has 2 aromatic heterocycles. The number of ether oxygens (including phenoxy) is 2. The van der Waals surface area contributed by atoms with Crippen molar-refractivity contribution in [1.29, 1.82) is 0 Å². The number of carbonyl (C=O) groups is 1. The highest BCUT2D eigenvalue weighted by Gasteiger charge is 2.32. The summed E-state index contributed by atoms with van der Waals surface area (Å²) in [5, 5.41) is 4.11. The molecule has 3 heterocycles. The molecule has 29 heavy (non-hydrogen) atoms. The second-order valence-electron chi connectivity index (χ2n) is 7.14. The number of primary amides is 1. The van der Waals surface area contributed by atoms with Crippen LogP contribution in [-0.2, 0) is 9.47 Å². The predicted octanol–water partition coefficient (Wildman–Crippen LogP) is 2.36. The van der Waals surface area contributed by atoms with Crippen LogP contribution in [0.3, 0.4) is 0 Å². The van der Waals surface area contributed by atoms with E-state index >= 15 is 0 Å². The Hall–Kier alpha value is -2.94. The first-order valence-corrected chi connectivity index (χ1v) is 9.70. The minimum absolute atomic E-state index is 0.0477. The van der Waals surface area contributed by atoms with Crippen LogP contribution >= 0.6 is 0 Å². The Morgan fingerprint density at radius 3 is 3.03 bits per heavy atom. The lowest BCUT2D eigenvalue weighted by atomic mass is 9.96. The number of amides is 1. The van der Waals surface area contributed by atoms with Crippen LogP contribution in [0, 0.1) is 0 Å². The lowest BCUT2D eigenvalue weighted by molar-refractivity contribution is 0.100. The van der Waals surface area contributed by atoms with E-state index in [0.717, 1.165) is 30.7 Å². The first-order valence-electron chi connectivity index (χ1n) is 9.70. The van der Waals surface area contributed by atoms with Crippen molar-refractivity contribution in [3.05, 3.63) is 47.3 Å². The van der Waals surface area contributed by atoms with Gasteiger partial charge >= 0.3 is 0 Å². The SMILES string of the molecule is COCCOC1=C([C@H]2CCCN2c2ccn3ncc(C(N)=O)c3n2)C=C(F)CC1. The molecular weight excluding hydrogens is 377 g/mol. The van der Waals surface area contributed by atoms with Crippen molar-refractivity contribution in [3.8, 4) is 0 Å². The van der Waals surface area contributed by atoms with Crippen LogP contribution in [0.5, 0.6) is 0 Å². The molecule has 9 heteroatoms. The normalized spacial score (nSPS) is 19.7. The summed E-state index contributed by atoms with van der Waals surface area (Å²) in [6.07, 6.45) is 7.46. The van der Waals surface area contributed by atoms with Crippen LogP contribution in [-0.4, -0.2) is 53.4 Å². The van der Waals surface area contributed by atoms with E-state index in [1.807, 2.05) is 6.07 Å². The molecule has 1 aliphatic heterocycles. The van der Waals surface area contributed by atoms with Gasteiger partial charge in [-0.05, 0) is 25.0 Å². The number of halogens is 1. The quantitative estimate of drug-likeness (QED) is 0.716. The van der Waals surface area contributed by atoms with Crippen molar-refractivity contribution in [2.75, 3.05) is 31.8 Å². The summed E-state index contributed by atoms with van der Waals surface area (Å²) in [6.45, 7) is 1.68. The van der Waals surface area contributed by atoms with Crippen molar-refractivity contribution in [3.63, 3.8) is 0 Å². The maximum absolute atomic E-state index is 14.1. The zero-order chi connectivity index (χ0) is 20.4. The van der Waals surface area contributed by atoms with Gasteiger partial charge < -0.3 is 20.1 Å². The van der Waals surface area contributed by atoms with E-state index in [1.54, 1.807) is 19.4 Å². The molecule has 1 saturated heterocycles. The molecule has 154 valence electrons. The van der Waals surface area contributed by atoms with Crippen LogP contribution in [0.25, 0.3) is 5.65 Å². The summed E-state index contributed by atoms with van der Waals surface area (Å²) in [4.78, 5) is 18.4. The van der Waals surface area contributed by atoms with E-state index in [4.69, 9.17) is 15.2 Å². The molecular formula is C20H24FN5O3. The molecule has 1 amide bonds. The maximum atomic E-state index is 14.1. The Labute approximate surface area is 167 Å². The molecule has 0 spiro atoms. The van der Waals surface area contributed by atoms with Gasteiger partial charge in [0, 0.05) is 38.3 Å². The summed E-state index contributed by atoms with van der Waals surface area (Å²) in [7, 11) is 1.62. The number of aromatic nitrogens is 3. The van der Waals surface area contributed by atoms with Gasteiger partial charge in [-0.2, -0.15) is 5.10 Å². The number of fused-ring (bicyclic) bond motifs is 1. The Morgan fingerprint density at radius 2 is 2.24 bits per heavy atom. The smallest absolute Gasteiger partial charge is 0.254 e. The van der Waals surface area contributed by atoms with Crippen LogP contribution in [0.15, 0.2) is 41.7 Å². The lowest BCUT2D eigenvalue weighted by Gasteiger charge is -2.30. The average Bonchev–Trinajstić information content (AvgIpc) is 3.35. The molecule has 0 radical (unpaired) electrons. The van der Waals surface area contributed by atoms with E-state index in [0.29, 0.717) is 37.5 Å². The van der Waals surface area contributed by atoms with E-state index < -0.39 is 5.91 Å². The fourth-order valence-electron chi connectivity index (χ4n) is 3.94. The molecule has 2 aliphatic rings. The Balaban J connectivity index is 1.68. The van der Waals surface area contributed by atoms with Gasteiger partial charge in [-0.25, -0.2) is 13.9 Å². The minimum Gasteiger partial charge on any atom is -0.495 e. The van der Waals surface area contributed by atoms with Crippen LogP contribution in [0.1, 0.15) is 36.0 Å². The summed E-state index contributed by atoms with van der Waals surface area (Å²) < 4.78 is 26.6. The zero-order valence-electron chi connectivity index (χ0n) is 16.3. The zero-order valence-corrected chi connectivity index (χ0v) is 16.3. The van der Waals surface area contributed by atoms with Gasteiger partial charge in [0.15, 0.2) is 5.65 Å². The van der Waals surface area contributed by atoms with Crippen LogP contribution < -0.4 is 10.6 Å². The third-order valence-electron chi connectivity index (χ3n) is 5.31. The number of hydrogen-bond donors (Lipinski definition) is 1. The Kier molecular flexibility index (Phi) is 5.48. The summed E-state index contributed by atoms with van der Waals surface area (Å²) in [5.74, 6) is 0.798. The molecule has 1 aliphatic carbocycles. The van der Waals surface area contributed by atoms with Crippen molar-refractivity contribution < 1.29 is 18.7 Å². The molecule has 0 unspecified atom stereocenters. The highest BCUT2D eigenvalue weighted by Crippen LogP contribution is 2.36. The molecule has 0 saturated carbocycles. The Morgan fingerprint density at radius 1 is 1.38 bits per heavy atom. The van der Waals surface area contributed by atoms with E-state index in [1.165, 1.54) is 10.7 Å². The topological polar surface area (TPSA) is 95.0 Å². The first-order chi connectivity index (χ1) is 14.1. The van der Waals surface area contributed by atoms with Gasteiger partial charge in [-0.3, -0.25) is 4.79 Å². The predicted molar refractivity (Wildman–Crippen MR) is 105 cm³/mol. The standard InChI is InChI=1S/C20H24FN5O3/c1-28-9-10-29-17-5-4-13(21)11-14(17)16-3-2-7-25(16)18-6-8-26-20(24-18)15(12-23-26)19(22)27/h6,8,11-12,16H,2-5,7,9-10H2,1H3,(H2,22,27)/t16-/m1/s1. The van der Waals surface area contributed by atoms with Gasteiger partial charge in [-0.15, -0.1) is 0 Å². The third kappa shape index (κ3) is 3.82. The lowest BCUT2D eigenvalue weighted by Crippen LogP contribution is -2.33. The molecule has 2 aromatic rings. The second-order valence-corrected chi connectivity index (χ2v) is 7.14. The van der Waals surface area contributed by atoms with E-state index in [-0.39, 0.29) is 17.4 Å².